The molecule has 1 aliphatic rings. The van der Waals surface area contributed by atoms with Crippen molar-refractivity contribution in [1.29, 1.82) is 0 Å². The highest BCUT2D eigenvalue weighted by molar-refractivity contribution is 5.27. The first-order valence-corrected chi connectivity index (χ1v) is 7.88. The molecule has 0 saturated heterocycles. The molecule has 114 valence electrons. The lowest BCUT2D eigenvalue weighted by atomic mass is 9.83. The molecule has 0 amide bonds. The summed E-state index contributed by atoms with van der Waals surface area (Å²) in [7, 11) is 1.97. The van der Waals surface area contributed by atoms with Gasteiger partial charge in [0.1, 0.15) is 0 Å². The summed E-state index contributed by atoms with van der Waals surface area (Å²) in [5.41, 5.74) is 3.56. The molecular formula is C16H24N4O. The predicted molar refractivity (Wildman–Crippen MR) is 80.2 cm³/mol. The van der Waals surface area contributed by atoms with Crippen LogP contribution in [-0.4, -0.2) is 19.9 Å². The van der Waals surface area contributed by atoms with Gasteiger partial charge < -0.3 is 4.52 Å². The van der Waals surface area contributed by atoms with Crippen LogP contribution in [0.15, 0.2) is 4.52 Å². The van der Waals surface area contributed by atoms with Crippen molar-refractivity contribution < 1.29 is 4.52 Å². The predicted octanol–water partition coefficient (Wildman–Crippen LogP) is 3.23. The summed E-state index contributed by atoms with van der Waals surface area (Å²) in [6, 6.07) is 0. The van der Waals surface area contributed by atoms with E-state index in [1.165, 1.54) is 36.9 Å². The van der Waals surface area contributed by atoms with Crippen molar-refractivity contribution in [3.63, 3.8) is 0 Å². The van der Waals surface area contributed by atoms with E-state index in [4.69, 9.17) is 9.51 Å². The fourth-order valence-corrected chi connectivity index (χ4v) is 3.55. The number of hydrogen-bond donors (Lipinski definition) is 0. The average molecular weight is 288 g/mol. The van der Waals surface area contributed by atoms with Gasteiger partial charge in [0.25, 0.3) is 0 Å². The Balaban J connectivity index is 1.85. The van der Waals surface area contributed by atoms with Gasteiger partial charge in [-0.15, -0.1) is 0 Å². The molecule has 2 aromatic heterocycles. The molecule has 5 nitrogen and oxygen atoms in total. The van der Waals surface area contributed by atoms with E-state index >= 15 is 0 Å². The Morgan fingerprint density at radius 3 is 2.52 bits per heavy atom. The van der Waals surface area contributed by atoms with E-state index in [0.717, 1.165) is 17.9 Å². The van der Waals surface area contributed by atoms with Gasteiger partial charge in [-0.1, -0.05) is 24.9 Å². The van der Waals surface area contributed by atoms with E-state index < -0.39 is 0 Å². The highest BCUT2D eigenvalue weighted by atomic mass is 16.5. The van der Waals surface area contributed by atoms with Gasteiger partial charge in [-0.3, -0.25) is 4.68 Å². The Labute approximate surface area is 125 Å². The highest BCUT2D eigenvalue weighted by Gasteiger charge is 2.38. The molecule has 1 saturated carbocycles. The van der Waals surface area contributed by atoms with Crippen LogP contribution in [0.1, 0.15) is 67.7 Å². The standard InChI is InChI=1S/C16H24N4O/c1-5-16(8-6-7-9-16)15-17-14(21-19-15)10-13-11(2)18-20(4)12(13)3/h5-10H2,1-4H3. The first-order chi connectivity index (χ1) is 10.1. The van der Waals surface area contributed by atoms with Crippen LogP contribution in [0, 0.1) is 13.8 Å². The molecule has 5 heteroatoms. The van der Waals surface area contributed by atoms with Crippen LogP contribution in [0.2, 0.25) is 0 Å². The van der Waals surface area contributed by atoms with E-state index in [-0.39, 0.29) is 5.41 Å². The fraction of sp³-hybridized carbons (Fsp3) is 0.688. The summed E-state index contributed by atoms with van der Waals surface area (Å²) in [5, 5.41) is 8.74. The second-order valence-corrected chi connectivity index (χ2v) is 6.30. The van der Waals surface area contributed by atoms with Crippen LogP contribution in [0.25, 0.3) is 0 Å². The van der Waals surface area contributed by atoms with Crippen LogP contribution in [0.5, 0.6) is 0 Å². The van der Waals surface area contributed by atoms with Gasteiger partial charge in [-0.2, -0.15) is 10.1 Å². The topological polar surface area (TPSA) is 56.7 Å². The second-order valence-electron chi connectivity index (χ2n) is 6.30. The summed E-state index contributed by atoms with van der Waals surface area (Å²) in [4.78, 5) is 4.71. The summed E-state index contributed by atoms with van der Waals surface area (Å²) in [5.74, 6) is 1.63. The molecule has 2 heterocycles. The Hall–Kier alpha value is -1.65. The smallest absolute Gasteiger partial charge is 0.231 e. The lowest BCUT2D eigenvalue weighted by Crippen LogP contribution is -2.22. The lowest BCUT2D eigenvalue weighted by molar-refractivity contribution is 0.342. The first-order valence-electron chi connectivity index (χ1n) is 7.88. The van der Waals surface area contributed by atoms with Crippen molar-refractivity contribution >= 4 is 0 Å². The Bertz CT molecular complexity index is 635. The quantitative estimate of drug-likeness (QED) is 0.866. The molecule has 0 unspecified atom stereocenters. The van der Waals surface area contributed by atoms with Crippen LogP contribution in [-0.2, 0) is 18.9 Å². The third kappa shape index (κ3) is 2.39. The fourth-order valence-electron chi connectivity index (χ4n) is 3.55. The zero-order valence-corrected chi connectivity index (χ0v) is 13.4. The normalized spacial score (nSPS) is 17.5. The van der Waals surface area contributed by atoms with E-state index in [0.29, 0.717) is 12.3 Å². The number of rotatable bonds is 4. The van der Waals surface area contributed by atoms with Crippen LogP contribution >= 0.6 is 0 Å². The van der Waals surface area contributed by atoms with Crippen molar-refractivity contribution in [3.05, 3.63) is 28.7 Å². The Morgan fingerprint density at radius 2 is 1.95 bits per heavy atom. The monoisotopic (exact) mass is 288 g/mol. The molecule has 0 bridgehead atoms. The summed E-state index contributed by atoms with van der Waals surface area (Å²) in [6.07, 6.45) is 6.70. The minimum absolute atomic E-state index is 0.154. The molecule has 21 heavy (non-hydrogen) atoms. The van der Waals surface area contributed by atoms with Gasteiger partial charge >= 0.3 is 0 Å². The molecule has 1 fully saturated rings. The van der Waals surface area contributed by atoms with Crippen molar-refractivity contribution in [2.24, 2.45) is 7.05 Å². The largest absolute Gasteiger partial charge is 0.339 e. The highest BCUT2D eigenvalue weighted by Crippen LogP contribution is 2.42. The molecule has 0 N–H and O–H groups in total. The molecule has 3 rings (SSSR count). The molecule has 0 spiro atoms. The Kier molecular flexibility index (Phi) is 3.59. The molecule has 1 aliphatic carbocycles. The Morgan fingerprint density at radius 1 is 1.24 bits per heavy atom. The van der Waals surface area contributed by atoms with E-state index in [9.17, 15) is 0 Å². The number of aromatic nitrogens is 4. The third-order valence-corrected chi connectivity index (χ3v) is 5.17. The maximum absolute atomic E-state index is 5.53. The molecule has 0 aliphatic heterocycles. The van der Waals surface area contributed by atoms with Crippen LogP contribution in [0.3, 0.4) is 0 Å². The zero-order chi connectivity index (χ0) is 15.0. The SMILES string of the molecule is CCC1(c2noc(Cc3c(C)nn(C)c3C)n2)CCCC1. The first kappa shape index (κ1) is 14.3. The maximum Gasteiger partial charge on any atom is 0.231 e. The van der Waals surface area contributed by atoms with E-state index in [1.54, 1.807) is 0 Å². The van der Waals surface area contributed by atoms with Crippen molar-refractivity contribution in [3.8, 4) is 0 Å². The maximum atomic E-state index is 5.53. The molecule has 0 aromatic carbocycles. The van der Waals surface area contributed by atoms with Crippen LogP contribution < -0.4 is 0 Å². The number of hydrogen-bond acceptors (Lipinski definition) is 4. The van der Waals surface area contributed by atoms with Crippen molar-refractivity contribution in [2.75, 3.05) is 0 Å². The minimum Gasteiger partial charge on any atom is -0.339 e. The van der Waals surface area contributed by atoms with Crippen molar-refractivity contribution in [1.82, 2.24) is 19.9 Å². The van der Waals surface area contributed by atoms with E-state index in [1.807, 2.05) is 18.7 Å². The van der Waals surface area contributed by atoms with Gasteiger partial charge in [0.15, 0.2) is 5.82 Å². The van der Waals surface area contributed by atoms with Crippen molar-refractivity contribution in [2.45, 2.75) is 64.7 Å². The molecular weight excluding hydrogens is 264 g/mol. The van der Waals surface area contributed by atoms with Crippen LogP contribution in [0.4, 0.5) is 0 Å². The minimum atomic E-state index is 0.154. The number of aryl methyl sites for hydroxylation is 2. The average Bonchev–Trinajstić information content (AvgIpc) is 3.17. The third-order valence-electron chi connectivity index (χ3n) is 5.17. The van der Waals surface area contributed by atoms with Gasteiger partial charge in [0.2, 0.25) is 5.89 Å². The van der Waals surface area contributed by atoms with Gasteiger partial charge in [-0.05, 0) is 33.1 Å². The molecule has 2 aromatic rings. The summed E-state index contributed by atoms with van der Waals surface area (Å²) < 4.78 is 7.44. The molecule has 0 radical (unpaired) electrons. The summed E-state index contributed by atoms with van der Waals surface area (Å²) >= 11 is 0. The number of nitrogens with zero attached hydrogens (tertiary/aromatic N) is 4. The van der Waals surface area contributed by atoms with Gasteiger partial charge in [0, 0.05) is 23.7 Å². The molecule has 0 atom stereocenters. The van der Waals surface area contributed by atoms with E-state index in [2.05, 4.69) is 24.1 Å². The van der Waals surface area contributed by atoms with Gasteiger partial charge in [-0.25, -0.2) is 0 Å². The summed E-state index contributed by atoms with van der Waals surface area (Å²) in [6.45, 7) is 6.35. The van der Waals surface area contributed by atoms with Gasteiger partial charge in [0.05, 0.1) is 12.1 Å². The lowest BCUT2D eigenvalue weighted by Gasteiger charge is -2.22. The second kappa shape index (κ2) is 5.28. The zero-order valence-electron chi connectivity index (χ0n) is 13.4.